The number of carbonyl (C=O) groups excluding carboxylic acids is 1. The van der Waals surface area contributed by atoms with E-state index in [-0.39, 0.29) is 22.9 Å². The summed E-state index contributed by atoms with van der Waals surface area (Å²) in [4.78, 5) is 31.9. The fourth-order valence-electron chi connectivity index (χ4n) is 2.88. The standard InChI is InChI=1S/C21H23FN4O2S/c1-25(2)12-7-13-26-20(28)15-8-3-5-10-17(15)24-21(26)29-14-19(27)23-18-11-6-4-9-16(18)22/h3-6,8-11H,7,12-14H2,1-2H3,(H,23,27). The van der Waals surface area contributed by atoms with Crippen LogP contribution in [0.25, 0.3) is 10.9 Å². The maximum atomic E-state index is 13.7. The molecule has 8 heteroatoms. The summed E-state index contributed by atoms with van der Waals surface area (Å²) in [6, 6.07) is 13.2. The minimum atomic E-state index is -0.490. The minimum absolute atomic E-state index is 0.0206. The second-order valence-electron chi connectivity index (χ2n) is 6.84. The van der Waals surface area contributed by atoms with E-state index >= 15 is 0 Å². The lowest BCUT2D eigenvalue weighted by Gasteiger charge is -2.15. The summed E-state index contributed by atoms with van der Waals surface area (Å²) >= 11 is 1.17. The molecular formula is C21H23FN4O2S. The van der Waals surface area contributed by atoms with Crippen LogP contribution in [0.1, 0.15) is 6.42 Å². The number of amides is 1. The molecule has 0 aliphatic carbocycles. The predicted octanol–water partition coefficient (Wildman–Crippen LogP) is 3.22. The van der Waals surface area contributed by atoms with E-state index in [1.165, 1.54) is 23.9 Å². The molecule has 1 N–H and O–H groups in total. The van der Waals surface area contributed by atoms with Gasteiger partial charge in [0.1, 0.15) is 5.82 Å². The highest BCUT2D eigenvalue weighted by atomic mass is 32.2. The van der Waals surface area contributed by atoms with Crippen molar-refractivity contribution in [3.05, 3.63) is 64.7 Å². The first kappa shape index (κ1) is 21.0. The van der Waals surface area contributed by atoms with Crippen molar-refractivity contribution in [2.24, 2.45) is 0 Å². The molecule has 0 saturated carbocycles. The number of para-hydroxylation sites is 2. The van der Waals surface area contributed by atoms with Gasteiger partial charge in [-0.1, -0.05) is 36.0 Å². The van der Waals surface area contributed by atoms with Crippen molar-refractivity contribution in [3.8, 4) is 0 Å². The first-order valence-electron chi connectivity index (χ1n) is 9.27. The Morgan fingerprint density at radius 2 is 1.90 bits per heavy atom. The summed E-state index contributed by atoms with van der Waals surface area (Å²) in [6.45, 7) is 1.34. The zero-order valence-corrected chi connectivity index (χ0v) is 17.2. The maximum Gasteiger partial charge on any atom is 0.262 e. The molecule has 0 spiro atoms. The summed E-state index contributed by atoms with van der Waals surface area (Å²) in [5, 5.41) is 3.59. The van der Waals surface area contributed by atoms with Crippen LogP contribution in [0.2, 0.25) is 0 Å². The van der Waals surface area contributed by atoms with E-state index in [0.29, 0.717) is 22.6 Å². The van der Waals surface area contributed by atoms with Crippen molar-refractivity contribution in [2.75, 3.05) is 31.7 Å². The van der Waals surface area contributed by atoms with Gasteiger partial charge in [0.25, 0.3) is 5.56 Å². The largest absolute Gasteiger partial charge is 0.323 e. The predicted molar refractivity (Wildman–Crippen MR) is 115 cm³/mol. The molecule has 0 bridgehead atoms. The Hall–Kier alpha value is -2.71. The number of benzene rings is 2. The molecule has 1 amide bonds. The van der Waals surface area contributed by atoms with Gasteiger partial charge in [-0.25, -0.2) is 9.37 Å². The average molecular weight is 415 g/mol. The summed E-state index contributed by atoms with van der Waals surface area (Å²) in [5.74, 6) is -0.829. The van der Waals surface area contributed by atoms with Crippen LogP contribution in [0.15, 0.2) is 58.5 Å². The summed E-state index contributed by atoms with van der Waals surface area (Å²) < 4.78 is 15.3. The average Bonchev–Trinajstić information content (AvgIpc) is 2.70. The Morgan fingerprint density at radius 3 is 2.66 bits per heavy atom. The van der Waals surface area contributed by atoms with E-state index in [2.05, 4.69) is 10.3 Å². The Morgan fingerprint density at radius 1 is 1.17 bits per heavy atom. The normalized spacial score (nSPS) is 11.2. The molecule has 0 aliphatic rings. The van der Waals surface area contributed by atoms with Crippen molar-refractivity contribution < 1.29 is 9.18 Å². The van der Waals surface area contributed by atoms with E-state index in [0.717, 1.165) is 13.0 Å². The van der Waals surface area contributed by atoms with Crippen molar-refractivity contribution in [1.29, 1.82) is 0 Å². The first-order chi connectivity index (χ1) is 14.0. The quantitative estimate of drug-likeness (QED) is 0.453. The van der Waals surface area contributed by atoms with E-state index < -0.39 is 5.82 Å². The molecular weight excluding hydrogens is 391 g/mol. The summed E-state index contributed by atoms with van der Waals surface area (Å²) in [5.41, 5.74) is 0.609. The topological polar surface area (TPSA) is 67.2 Å². The van der Waals surface area contributed by atoms with Crippen LogP contribution in [-0.2, 0) is 11.3 Å². The van der Waals surface area contributed by atoms with Gasteiger partial charge in [-0.3, -0.25) is 14.2 Å². The fraction of sp³-hybridized carbons (Fsp3) is 0.286. The van der Waals surface area contributed by atoms with Gasteiger partial charge in [0.15, 0.2) is 5.16 Å². The number of nitrogens with zero attached hydrogens (tertiary/aromatic N) is 3. The SMILES string of the molecule is CN(C)CCCn1c(SCC(=O)Nc2ccccc2F)nc2ccccc2c1=O. The Labute approximate surface area is 172 Å². The monoisotopic (exact) mass is 414 g/mol. The summed E-state index contributed by atoms with van der Waals surface area (Å²) in [7, 11) is 3.95. The number of hydrogen-bond donors (Lipinski definition) is 1. The van der Waals surface area contributed by atoms with Crippen LogP contribution in [0, 0.1) is 5.82 Å². The highest BCUT2D eigenvalue weighted by Crippen LogP contribution is 2.19. The third kappa shape index (κ3) is 5.42. The van der Waals surface area contributed by atoms with Gasteiger partial charge in [-0.2, -0.15) is 0 Å². The number of hydrogen-bond acceptors (Lipinski definition) is 5. The van der Waals surface area contributed by atoms with Crippen LogP contribution in [-0.4, -0.2) is 46.8 Å². The molecule has 29 heavy (non-hydrogen) atoms. The molecule has 152 valence electrons. The van der Waals surface area contributed by atoms with Gasteiger partial charge in [-0.15, -0.1) is 0 Å². The van der Waals surface area contributed by atoms with E-state index in [9.17, 15) is 14.0 Å². The Bertz CT molecular complexity index is 1070. The molecule has 0 unspecified atom stereocenters. The highest BCUT2D eigenvalue weighted by Gasteiger charge is 2.14. The molecule has 0 saturated heterocycles. The van der Waals surface area contributed by atoms with E-state index in [1.807, 2.05) is 31.1 Å². The van der Waals surface area contributed by atoms with Gasteiger partial charge in [0, 0.05) is 6.54 Å². The number of nitrogens with one attached hydrogen (secondary N) is 1. The van der Waals surface area contributed by atoms with Crippen LogP contribution >= 0.6 is 11.8 Å². The second-order valence-corrected chi connectivity index (χ2v) is 7.78. The zero-order valence-electron chi connectivity index (χ0n) is 16.4. The van der Waals surface area contributed by atoms with Gasteiger partial charge >= 0.3 is 0 Å². The van der Waals surface area contributed by atoms with E-state index in [4.69, 9.17) is 0 Å². The molecule has 6 nitrogen and oxygen atoms in total. The number of carbonyl (C=O) groups is 1. The number of rotatable bonds is 8. The first-order valence-corrected chi connectivity index (χ1v) is 10.3. The fourth-order valence-corrected chi connectivity index (χ4v) is 3.70. The highest BCUT2D eigenvalue weighted by molar-refractivity contribution is 7.99. The maximum absolute atomic E-state index is 13.7. The van der Waals surface area contributed by atoms with Gasteiger partial charge in [0.2, 0.25) is 5.91 Å². The van der Waals surface area contributed by atoms with E-state index in [1.54, 1.807) is 28.8 Å². The molecule has 1 aromatic heterocycles. The number of fused-ring (bicyclic) bond motifs is 1. The second kappa shape index (κ2) is 9.67. The van der Waals surface area contributed by atoms with Crippen molar-refractivity contribution in [1.82, 2.24) is 14.5 Å². The van der Waals surface area contributed by atoms with Crippen molar-refractivity contribution in [3.63, 3.8) is 0 Å². The molecule has 0 fully saturated rings. The third-order valence-electron chi connectivity index (χ3n) is 4.29. The van der Waals surface area contributed by atoms with Crippen LogP contribution < -0.4 is 10.9 Å². The molecule has 0 radical (unpaired) electrons. The molecule has 1 heterocycles. The minimum Gasteiger partial charge on any atom is -0.323 e. The van der Waals surface area contributed by atoms with Crippen LogP contribution in [0.5, 0.6) is 0 Å². The van der Waals surface area contributed by atoms with Gasteiger partial charge in [0.05, 0.1) is 22.3 Å². The molecule has 3 aromatic rings. The lowest BCUT2D eigenvalue weighted by molar-refractivity contribution is -0.113. The zero-order chi connectivity index (χ0) is 20.8. The van der Waals surface area contributed by atoms with Gasteiger partial charge in [-0.05, 0) is 51.3 Å². The number of anilines is 1. The molecule has 0 aliphatic heterocycles. The number of halogens is 1. The smallest absolute Gasteiger partial charge is 0.262 e. The molecule has 2 aromatic carbocycles. The van der Waals surface area contributed by atoms with Crippen LogP contribution in [0.3, 0.4) is 0 Å². The third-order valence-corrected chi connectivity index (χ3v) is 5.27. The number of thioether (sulfide) groups is 1. The van der Waals surface area contributed by atoms with Crippen LogP contribution in [0.4, 0.5) is 10.1 Å². The molecule has 0 atom stereocenters. The van der Waals surface area contributed by atoms with Gasteiger partial charge < -0.3 is 10.2 Å². The summed E-state index contributed by atoms with van der Waals surface area (Å²) in [6.07, 6.45) is 0.780. The lowest BCUT2D eigenvalue weighted by Crippen LogP contribution is -2.26. The van der Waals surface area contributed by atoms with Crippen molar-refractivity contribution in [2.45, 2.75) is 18.1 Å². The lowest BCUT2D eigenvalue weighted by atomic mass is 10.2. The van der Waals surface area contributed by atoms with Crippen molar-refractivity contribution >= 4 is 34.3 Å². The number of aromatic nitrogens is 2. The Balaban J connectivity index is 1.80. The molecule has 3 rings (SSSR count). The Kier molecular flexibility index (Phi) is 7.00.